The summed E-state index contributed by atoms with van der Waals surface area (Å²) in [5.41, 5.74) is 5.41. The van der Waals surface area contributed by atoms with E-state index in [-0.39, 0.29) is 5.91 Å². The number of hydrogen-bond acceptors (Lipinski definition) is 4. The van der Waals surface area contributed by atoms with Crippen LogP contribution in [0, 0.1) is 13.8 Å². The lowest BCUT2D eigenvalue weighted by molar-refractivity contribution is 0.102. The fraction of sp³-hybridized carbons (Fsp3) is 0.217. The summed E-state index contributed by atoms with van der Waals surface area (Å²) in [7, 11) is 1.67. The second kappa shape index (κ2) is 9.04. The molecule has 0 bridgehead atoms. The molecule has 0 atom stereocenters. The highest BCUT2D eigenvalue weighted by Gasteiger charge is 2.09. The molecule has 0 unspecified atom stereocenters. The molecule has 2 aromatic carbocycles. The molecular weight excluding hydrogens is 350 g/mol. The first-order valence-electron chi connectivity index (χ1n) is 9.26. The number of para-hydroxylation sites is 1. The highest BCUT2D eigenvalue weighted by molar-refractivity contribution is 6.05. The van der Waals surface area contributed by atoms with Crippen LogP contribution in [-0.2, 0) is 6.42 Å². The Labute approximate surface area is 165 Å². The number of nitrogens with one attached hydrogen (secondary N) is 2. The van der Waals surface area contributed by atoms with Gasteiger partial charge in [0.05, 0.1) is 18.4 Å². The topological polar surface area (TPSA) is 63.2 Å². The number of aryl methyl sites for hydroxylation is 2. The molecule has 0 aliphatic rings. The van der Waals surface area contributed by atoms with E-state index in [2.05, 4.69) is 15.6 Å². The summed E-state index contributed by atoms with van der Waals surface area (Å²) in [6, 6.07) is 15.8. The monoisotopic (exact) mass is 375 g/mol. The Morgan fingerprint density at radius 2 is 1.89 bits per heavy atom. The van der Waals surface area contributed by atoms with Gasteiger partial charge < -0.3 is 15.4 Å². The fourth-order valence-corrected chi connectivity index (χ4v) is 2.98. The van der Waals surface area contributed by atoms with E-state index < -0.39 is 0 Å². The third-order valence-corrected chi connectivity index (χ3v) is 4.56. The molecule has 0 saturated carbocycles. The maximum Gasteiger partial charge on any atom is 0.257 e. The van der Waals surface area contributed by atoms with E-state index in [1.165, 1.54) is 0 Å². The van der Waals surface area contributed by atoms with Crippen LogP contribution in [0.25, 0.3) is 0 Å². The minimum absolute atomic E-state index is 0.172. The summed E-state index contributed by atoms with van der Waals surface area (Å²) in [5.74, 6) is 0.707. The smallest absolute Gasteiger partial charge is 0.257 e. The number of amides is 1. The second-order valence-corrected chi connectivity index (χ2v) is 6.72. The first-order chi connectivity index (χ1) is 13.6. The second-order valence-electron chi connectivity index (χ2n) is 6.72. The molecule has 3 rings (SSSR count). The average Bonchev–Trinajstić information content (AvgIpc) is 2.71. The summed E-state index contributed by atoms with van der Waals surface area (Å²) in [4.78, 5) is 16.8. The van der Waals surface area contributed by atoms with E-state index in [0.29, 0.717) is 12.1 Å². The zero-order chi connectivity index (χ0) is 19.9. The van der Waals surface area contributed by atoms with Crippen molar-refractivity contribution in [1.82, 2.24) is 4.98 Å². The number of nitrogens with zero attached hydrogens (tertiary/aromatic N) is 1. The van der Waals surface area contributed by atoms with Crippen LogP contribution >= 0.6 is 0 Å². The van der Waals surface area contributed by atoms with Crippen molar-refractivity contribution in [3.8, 4) is 5.75 Å². The summed E-state index contributed by atoms with van der Waals surface area (Å²) >= 11 is 0. The van der Waals surface area contributed by atoms with E-state index in [9.17, 15) is 4.79 Å². The van der Waals surface area contributed by atoms with Crippen molar-refractivity contribution in [3.05, 3.63) is 83.2 Å². The Morgan fingerprint density at radius 1 is 1.07 bits per heavy atom. The number of pyridine rings is 1. The van der Waals surface area contributed by atoms with Crippen molar-refractivity contribution in [2.75, 3.05) is 24.3 Å². The Morgan fingerprint density at radius 3 is 2.71 bits per heavy atom. The molecule has 0 radical (unpaired) electrons. The Bertz CT molecular complexity index is 970. The summed E-state index contributed by atoms with van der Waals surface area (Å²) in [5, 5.41) is 6.29. The predicted octanol–water partition coefficient (Wildman–Crippen LogP) is 4.61. The molecule has 1 heterocycles. The van der Waals surface area contributed by atoms with Crippen molar-refractivity contribution in [2.45, 2.75) is 20.3 Å². The molecule has 3 aromatic rings. The normalized spacial score (nSPS) is 10.4. The van der Waals surface area contributed by atoms with Gasteiger partial charge in [-0.3, -0.25) is 9.78 Å². The minimum atomic E-state index is -0.172. The zero-order valence-corrected chi connectivity index (χ0v) is 16.5. The zero-order valence-electron chi connectivity index (χ0n) is 16.5. The van der Waals surface area contributed by atoms with E-state index >= 15 is 0 Å². The van der Waals surface area contributed by atoms with Gasteiger partial charge in [0.1, 0.15) is 5.75 Å². The SMILES string of the molecule is COc1ccccc1CCNc1cncc(C(=O)Nc2cc(C)ccc2C)c1. The van der Waals surface area contributed by atoms with Crippen molar-refractivity contribution in [1.29, 1.82) is 0 Å². The Kier molecular flexibility index (Phi) is 6.27. The lowest BCUT2D eigenvalue weighted by Gasteiger charge is -2.11. The molecule has 5 nitrogen and oxygen atoms in total. The van der Waals surface area contributed by atoms with Gasteiger partial charge in [0, 0.05) is 24.6 Å². The molecule has 2 N–H and O–H groups in total. The van der Waals surface area contributed by atoms with Crippen LogP contribution in [-0.4, -0.2) is 24.5 Å². The quantitative estimate of drug-likeness (QED) is 0.633. The van der Waals surface area contributed by atoms with Crippen LogP contribution in [0.3, 0.4) is 0 Å². The molecule has 0 aliphatic heterocycles. The van der Waals surface area contributed by atoms with Gasteiger partial charge in [-0.15, -0.1) is 0 Å². The van der Waals surface area contributed by atoms with Crippen LogP contribution in [0.5, 0.6) is 5.75 Å². The van der Waals surface area contributed by atoms with Gasteiger partial charge in [-0.05, 0) is 55.2 Å². The van der Waals surface area contributed by atoms with Crippen molar-refractivity contribution < 1.29 is 9.53 Å². The van der Waals surface area contributed by atoms with E-state index in [0.717, 1.165) is 40.2 Å². The number of carbonyl (C=O) groups is 1. The van der Waals surface area contributed by atoms with Gasteiger partial charge in [0.25, 0.3) is 5.91 Å². The predicted molar refractivity (Wildman–Crippen MR) is 113 cm³/mol. The first kappa shape index (κ1) is 19.4. The van der Waals surface area contributed by atoms with Crippen LogP contribution < -0.4 is 15.4 Å². The summed E-state index contributed by atoms with van der Waals surface area (Å²) < 4.78 is 5.38. The van der Waals surface area contributed by atoms with Gasteiger partial charge in [-0.1, -0.05) is 30.3 Å². The molecule has 0 saturated heterocycles. The molecule has 1 aromatic heterocycles. The van der Waals surface area contributed by atoms with Crippen molar-refractivity contribution in [2.24, 2.45) is 0 Å². The first-order valence-corrected chi connectivity index (χ1v) is 9.26. The molecule has 0 aliphatic carbocycles. The van der Waals surface area contributed by atoms with Crippen LogP contribution in [0.2, 0.25) is 0 Å². The minimum Gasteiger partial charge on any atom is -0.496 e. The number of aromatic nitrogens is 1. The third-order valence-electron chi connectivity index (χ3n) is 4.56. The van der Waals surface area contributed by atoms with E-state index in [1.54, 1.807) is 19.5 Å². The van der Waals surface area contributed by atoms with Gasteiger partial charge in [-0.25, -0.2) is 0 Å². The summed E-state index contributed by atoms with van der Waals surface area (Å²) in [6.07, 6.45) is 4.10. The van der Waals surface area contributed by atoms with Crippen LogP contribution in [0.4, 0.5) is 11.4 Å². The number of hydrogen-bond donors (Lipinski definition) is 2. The van der Waals surface area contributed by atoms with E-state index in [4.69, 9.17) is 4.74 Å². The highest BCUT2D eigenvalue weighted by Crippen LogP contribution is 2.19. The standard InChI is InChI=1S/C23H25N3O2/c1-16-8-9-17(2)21(12-16)26-23(27)19-13-20(15-24-14-19)25-11-10-18-6-4-5-7-22(18)28-3/h4-9,12-15,25H,10-11H2,1-3H3,(H,26,27). The van der Waals surface area contributed by atoms with Gasteiger partial charge in [-0.2, -0.15) is 0 Å². The fourth-order valence-electron chi connectivity index (χ4n) is 2.98. The average molecular weight is 375 g/mol. The Balaban J connectivity index is 1.63. The number of rotatable bonds is 7. The van der Waals surface area contributed by atoms with Gasteiger partial charge in [0.15, 0.2) is 0 Å². The molecular formula is C23H25N3O2. The summed E-state index contributed by atoms with van der Waals surface area (Å²) in [6.45, 7) is 4.69. The van der Waals surface area contributed by atoms with Gasteiger partial charge >= 0.3 is 0 Å². The van der Waals surface area contributed by atoms with E-state index in [1.807, 2.05) is 62.4 Å². The lowest BCUT2D eigenvalue weighted by Crippen LogP contribution is -2.14. The van der Waals surface area contributed by atoms with Crippen molar-refractivity contribution in [3.63, 3.8) is 0 Å². The molecule has 28 heavy (non-hydrogen) atoms. The molecule has 144 valence electrons. The maximum atomic E-state index is 12.6. The van der Waals surface area contributed by atoms with Crippen LogP contribution in [0.15, 0.2) is 60.9 Å². The molecule has 5 heteroatoms. The number of benzene rings is 2. The largest absolute Gasteiger partial charge is 0.496 e. The van der Waals surface area contributed by atoms with Gasteiger partial charge in [0.2, 0.25) is 0 Å². The lowest BCUT2D eigenvalue weighted by atomic mass is 10.1. The Hall–Kier alpha value is -3.34. The van der Waals surface area contributed by atoms with Crippen molar-refractivity contribution >= 4 is 17.3 Å². The maximum absolute atomic E-state index is 12.6. The number of anilines is 2. The number of ether oxygens (including phenoxy) is 1. The van der Waals surface area contributed by atoms with Crippen LogP contribution in [0.1, 0.15) is 27.0 Å². The number of methoxy groups -OCH3 is 1. The molecule has 0 spiro atoms. The highest BCUT2D eigenvalue weighted by atomic mass is 16.5. The molecule has 1 amide bonds. The molecule has 0 fully saturated rings. The third kappa shape index (κ3) is 4.88. The number of carbonyl (C=O) groups excluding carboxylic acids is 1.